The SMILES string of the molecule is Cc1cnn(CC(=O)N2CCC[C@H]2c2ncc(Cc3cccc(Cl)c3)o2)c1. The van der Waals surface area contributed by atoms with Gasteiger partial charge in [-0.15, -0.1) is 0 Å². The molecule has 3 heterocycles. The van der Waals surface area contributed by atoms with E-state index in [0.29, 0.717) is 17.3 Å². The normalized spacial score (nSPS) is 16.8. The zero-order chi connectivity index (χ0) is 18.8. The fourth-order valence-corrected chi connectivity index (χ4v) is 3.72. The minimum absolute atomic E-state index is 0.0372. The van der Waals surface area contributed by atoms with E-state index in [1.807, 2.05) is 42.3 Å². The van der Waals surface area contributed by atoms with Gasteiger partial charge in [0.2, 0.25) is 11.8 Å². The maximum atomic E-state index is 12.7. The van der Waals surface area contributed by atoms with Crippen molar-refractivity contribution in [1.29, 1.82) is 0 Å². The summed E-state index contributed by atoms with van der Waals surface area (Å²) in [6.07, 6.45) is 7.80. The van der Waals surface area contributed by atoms with Crippen LogP contribution in [0.15, 0.2) is 47.3 Å². The predicted octanol–water partition coefficient (Wildman–Crippen LogP) is 3.79. The summed E-state index contributed by atoms with van der Waals surface area (Å²) < 4.78 is 7.65. The zero-order valence-corrected chi connectivity index (χ0v) is 15.9. The number of rotatable bonds is 5. The van der Waals surface area contributed by atoms with Crippen LogP contribution >= 0.6 is 11.6 Å². The highest BCUT2D eigenvalue weighted by molar-refractivity contribution is 6.30. The van der Waals surface area contributed by atoms with Crippen molar-refractivity contribution in [1.82, 2.24) is 19.7 Å². The van der Waals surface area contributed by atoms with E-state index in [-0.39, 0.29) is 18.5 Å². The van der Waals surface area contributed by atoms with Gasteiger partial charge in [-0.25, -0.2) is 4.98 Å². The Bertz CT molecular complexity index is 949. The molecule has 0 N–H and O–H groups in total. The molecule has 0 saturated carbocycles. The fraction of sp³-hybridized carbons (Fsp3) is 0.350. The van der Waals surface area contributed by atoms with Gasteiger partial charge in [-0.1, -0.05) is 23.7 Å². The van der Waals surface area contributed by atoms with Crippen LogP contribution in [0.2, 0.25) is 5.02 Å². The van der Waals surface area contributed by atoms with Gasteiger partial charge in [0.15, 0.2) is 0 Å². The lowest BCUT2D eigenvalue weighted by molar-refractivity contribution is -0.133. The molecule has 0 spiro atoms. The molecular formula is C20H21ClN4O2. The molecule has 1 aliphatic rings. The first kappa shape index (κ1) is 17.8. The van der Waals surface area contributed by atoms with E-state index in [0.717, 1.165) is 36.3 Å². The molecule has 2 aromatic heterocycles. The second-order valence-corrected chi connectivity index (χ2v) is 7.37. The third kappa shape index (κ3) is 4.06. The second kappa shape index (κ2) is 7.56. The zero-order valence-electron chi connectivity index (χ0n) is 15.1. The van der Waals surface area contributed by atoms with Gasteiger partial charge in [-0.3, -0.25) is 9.48 Å². The summed E-state index contributed by atoms with van der Waals surface area (Å²) >= 11 is 6.04. The minimum Gasteiger partial charge on any atom is -0.443 e. The largest absolute Gasteiger partial charge is 0.443 e. The number of aryl methyl sites for hydroxylation is 1. The van der Waals surface area contributed by atoms with Gasteiger partial charge in [0, 0.05) is 24.2 Å². The van der Waals surface area contributed by atoms with Crippen LogP contribution in [-0.2, 0) is 17.8 Å². The van der Waals surface area contributed by atoms with Crippen molar-refractivity contribution in [3.05, 3.63) is 70.7 Å². The number of halogens is 1. The van der Waals surface area contributed by atoms with Gasteiger partial charge < -0.3 is 9.32 Å². The summed E-state index contributed by atoms with van der Waals surface area (Å²) in [6, 6.07) is 7.58. The number of carbonyl (C=O) groups excluding carboxylic acids is 1. The molecule has 1 amide bonds. The van der Waals surface area contributed by atoms with Crippen molar-refractivity contribution in [2.75, 3.05) is 6.54 Å². The van der Waals surface area contributed by atoms with Crippen LogP contribution in [0.4, 0.5) is 0 Å². The van der Waals surface area contributed by atoms with E-state index >= 15 is 0 Å². The fourth-order valence-electron chi connectivity index (χ4n) is 3.51. The van der Waals surface area contributed by atoms with Gasteiger partial charge in [0.1, 0.15) is 18.3 Å². The van der Waals surface area contributed by atoms with E-state index in [1.165, 1.54) is 0 Å². The molecular weight excluding hydrogens is 364 g/mol. The molecule has 140 valence electrons. The number of aromatic nitrogens is 3. The molecule has 0 bridgehead atoms. The monoisotopic (exact) mass is 384 g/mol. The number of hydrogen-bond acceptors (Lipinski definition) is 4. The van der Waals surface area contributed by atoms with Gasteiger partial charge >= 0.3 is 0 Å². The number of benzene rings is 1. The lowest BCUT2D eigenvalue weighted by atomic mass is 10.1. The number of hydrogen-bond donors (Lipinski definition) is 0. The minimum atomic E-state index is -0.109. The number of likely N-dealkylation sites (tertiary alicyclic amines) is 1. The Morgan fingerprint density at radius 3 is 3.04 bits per heavy atom. The molecule has 1 saturated heterocycles. The van der Waals surface area contributed by atoms with Crippen molar-refractivity contribution in [2.45, 2.75) is 38.8 Å². The molecule has 3 aromatic rings. The Kier molecular flexibility index (Phi) is 4.99. The highest BCUT2D eigenvalue weighted by atomic mass is 35.5. The molecule has 1 fully saturated rings. The summed E-state index contributed by atoms with van der Waals surface area (Å²) in [5.74, 6) is 1.42. The standard InChI is InChI=1S/C20H21ClN4O2/c1-14-10-23-24(12-14)13-19(26)25-7-3-6-18(25)20-22-11-17(27-20)9-15-4-2-5-16(21)8-15/h2,4-5,8,10-12,18H,3,6-7,9,13H2,1H3/t18-/m0/s1. The highest BCUT2D eigenvalue weighted by Crippen LogP contribution is 2.32. The van der Waals surface area contributed by atoms with Crippen molar-refractivity contribution in [3.8, 4) is 0 Å². The predicted molar refractivity (Wildman–Crippen MR) is 101 cm³/mol. The summed E-state index contributed by atoms with van der Waals surface area (Å²) in [5.41, 5.74) is 2.11. The number of nitrogens with zero attached hydrogens (tertiary/aromatic N) is 4. The molecule has 27 heavy (non-hydrogen) atoms. The molecule has 4 rings (SSSR count). The molecule has 1 aromatic carbocycles. The smallest absolute Gasteiger partial charge is 0.244 e. The van der Waals surface area contributed by atoms with Gasteiger partial charge in [-0.2, -0.15) is 5.10 Å². The Balaban J connectivity index is 1.45. The molecule has 1 aliphatic heterocycles. The molecule has 7 heteroatoms. The lowest BCUT2D eigenvalue weighted by Gasteiger charge is -2.22. The van der Waals surface area contributed by atoms with Crippen molar-refractivity contribution >= 4 is 17.5 Å². The van der Waals surface area contributed by atoms with Gasteiger partial charge in [0.25, 0.3) is 0 Å². The van der Waals surface area contributed by atoms with E-state index in [2.05, 4.69) is 10.1 Å². The Morgan fingerprint density at radius 1 is 1.37 bits per heavy atom. The first-order valence-corrected chi connectivity index (χ1v) is 9.44. The maximum Gasteiger partial charge on any atom is 0.244 e. The first-order valence-electron chi connectivity index (χ1n) is 9.06. The average Bonchev–Trinajstić information content (AvgIpc) is 3.35. The molecule has 0 radical (unpaired) electrons. The van der Waals surface area contributed by atoms with E-state index in [1.54, 1.807) is 17.1 Å². The molecule has 1 atom stereocenters. The molecule has 0 aliphatic carbocycles. The van der Waals surface area contributed by atoms with Gasteiger partial charge in [-0.05, 0) is 43.0 Å². The number of carbonyl (C=O) groups is 1. The van der Waals surface area contributed by atoms with Crippen molar-refractivity contribution in [3.63, 3.8) is 0 Å². The van der Waals surface area contributed by atoms with Crippen LogP contribution in [0, 0.1) is 6.92 Å². The van der Waals surface area contributed by atoms with Gasteiger partial charge in [0.05, 0.1) is 12.4 Å². The third-order valence-corrected chi connectivity index (χ3v) is 4.99. The average molecular weight is 385 g/mol. The van der Waals surface area contributed by atoms with Crippen molar-refractivity contribution < 1.29 is 9.21 Å². The molecule has 0 unspecified atom stereocenters. The van der Waals surface area contributed by atoms with E-state index < -0.39 is 0 Å². The van der Waals surface area contributed by atoms with Crippen molar-refractivity contribution in [2.24, 2.45) is 0 Å². The third-order valence-electron chi connectivity index (χ3n) is 4.76. The second-order valence-electron chi connectivity index (χ2n) is 6.93. The maximum absolute atomic E-state index is 12.7. The highest BCUT2D eigenvalue weighted by Gasteiger charge is 2.33. The molecule has 6 nitrogen and oxygen atoms in total. The first-order chi connectivity index (χ1) is 13.1. The summed E-state index contributed by atoms with van der Waals surface area (Å²) in [5, 5.41) is 4.90. The van der Waals surface area contributed by atoms with Crippen LogP contribution in [0.5, 0.6) is 0 Å². The van der Waals surface area contributed by atoms with Crippen LogP contribution in [-0.4, -0.2) is 32.1 Å². The van der Waals surface area contributed by atoms with E-state index in [9.17, 15) is 4.79 Å². The van der Waals surface area contributed by atoms with E-state index in [4.69, 9.17) is 16.0 Å². The Morgan fingerprint density at radius 2 is 2.26 bits per heavy atom. The van der Waals surface area contributed by atoms with Crippen LogP contribution < -0.4 is 0 Å². The Hall–Kier alpha value is -2.60. The Labute approximate surface area is 162 Å². The number of amides is 1. The summed E-state index contributed by atoms with van der Waals surface area (Å²) in [7, 11) is 0. The summed E-state index contributed by atoms with van der Waals surface area (Å²) in [4.78, 5) is 19.0. The summed E-state index contributed by atoms with van der Waals surface area (Å²) in [6.45, 7) is 2.91. The van der Waals surface area contributed by atoms with Crippen LogP contribution in [0.3, 0.4) is 0 Å². The number of oxazole rings is 1. The topological polar surface area (TPSA) is 64.2 Å². The van der Waals surface area contributed by atoms with Crippen LogP contribution in [0.25, 0.3) is 0 Å². The van der Waals surface area contributed by atoms with Crippen LogP contribution in [0.1, 0.15) is 41.7 Å². The lowest BCUT2D eigenvalue weighted by Crippen LogP contribution is -2.33. The quantitative estimate of drug-likeness (QED) is 0.671.